The molecule has 2 N–H and O–H groups in total. The van der Waals surface area contributed by atoms with E-state index in [0.717, 1.165) is 17.1 Å². The molecule has 0 heterocycles. The fourth-order valence-corrected chi connectivity index (χ4v) is 1.46. The normalized spacial score (nSPS) is 9.82. The van der Waals surface area contributed by atoms with Gasteiger partial charge >= 0.3 is 6.03 Å². The number of amides is 2. The van der Waals surface area contributed by atoms with Gasteiger partial charge in [-0.1, -0.05) is 6.07 Å². The Morgan fingerprint density at radius 1 is 1.35 bits per heavy atom. The topological polar surface area (TPSA) is 64.8 Å². The van der Waals surface area contributed by atoms with Gasteiger partial charge in [0.1, 0.15) is 11.5 Å². The lowest BCUT2D eigenvalue weighted by atomic mass is 10.1. The molecule has 0 radical (unpaired) electrons. The number of urea groups is 1. The number of primary amides is 1. The molecule has 94 valence electrons. The van der Waals surface area contributed by atoms with E-state index in [1.807, 2.05) is 18.2 Å². The summed E-state index contributed by atoms with van der Waals surface area (Å²) in [6.07, 6.45) is 0.687. The highest BCUT2D eigenvalue weighted by molar-refractivity contribution is 5.71. The van der Waals surface area contributed by atoms with Crippen molar-refractivity contribution in [1.29, 1.82) is 0 Å². The van der Waals surface area contributed by atoms with Gasteiger partial charge in [0, 0.05) is 19.7 Å². The zero-order valence-electron chi connectivity index (χ0n) is 10.4. The average molecular weight is 238 g/mol. The maximum atomic E-state index is 10.9. The van der Waals surface area contributed by atoms with E-state index in [4.69, 9.17) is 15.2 Å². The zero-order valence-corrected chi connectivity index (χ0v) is 10.4. The van der Waals surface area contributed by atoms with Crippen molar-refractivity contribution in [1.82, 2.24) is 4.90 Å². The molecule has 0 saturated heterocycles. The molecule has 1 aromatic carbocycles. The average Bonchev–Trinajstić information content (AvgIpc) is 2.35. The largest absolute Gasteiger partial charge is 0.497 e. The molecule has 2 amide bonds. The van der Waals surface area contributed by atoms with Crippen LogP contribution in [0.1, 0.15) is 5.56 Å². The van der Waals surface area contributed by atoms with Crippen LogP contribution in [0.3, 0.4) is 0 Å². The minimum absolute atomic E-state index is 0.433. The van der Waals surface area contributed by atoms with Gasteiger partial charge < -0.3 is 20.1 Å². The number of carbonyl (C=O) groups excluding carboxylic acids is 1. The van der Waals surface area contributed by atoms with E-state index in [-0.39, 0.29) is 0 Å². The first kappa shape index (κ1) is 13.2. The third kappa shape index (κ3) is 3.55. The molecule has 5 heteroatoms. The van der Waals surface area contributed by atoms with Crippen LogP contribution >= 0.6 is 0 Å². The smallest absolute Gasteiger partial charge is 0.314 e. The molecule has 0 aromatic heterocycles. The van der Waals surface area contributed by atoms with Crippen LogP contribution in [0.25, 0.3) is 0 Å². The second-order valence-corrected chi connectivity index (χ2v) is 3.69. The van der Waals surface area contributed by atoms with Crippen LogP contribution in [0, 0.1) is 0 Å². The predicted octanol–water partition coefficient (Wildman–Crippen LogP) is 1.26. The molecule has 5 nitrogen and oxygen atoms in total. The van der Waals surface area contributed by atoms with E-state index in [2.05, 4.69) is 0 Å². The minimum Gasteiger partial charge on any atom is -0.497 e. The van der Waals surface area contributed by atoms with Gasteiger partial charge in [0.15, 0.2) is 0 Å². The molecule has 0 unspecified atom stereocenters. The van der Waals surface area contributed by atoms with Crippen molar-refractivity contribution in [3.8, 4) is 11.5 Å². The van der Waals surface area contributed by atoms with Gasteiger partial charge in [-0.15, -0.1) is 0 Å². The number of nitrogens with two attached hydrogens (primary N) is 1. The molecule has 0 aliphatic heterocycles. The quantitative estimate of drug-likeness (QED) is 0.839. The summed E-state index contributed by atoms with van der Waals surface area (Å²) in [5.41, 5.74) is 6.17. The zero-order chi connectivity index (χ0) is 12.8. The molecule has 0 spiro atoms. The number of methoxy groups -OCH3 is 2. The Hall–Kier alpha value is -1.91. The third-order valence-electron chi connectivity index (χ3n) is 2.59. The lowest BCUT2D eigenvalue weighted by Crippen LogP contribution is -2.33. The van der Waals surface area contributed by atoms with Crippen molar-refractivity contribution in [2.24, 2.45) is 5.73 Å². The van der Waals surface area contributed by atoms with E-state index in [1.165, 1.54) is 4.90 Å². The Labute approximate surface area is 101 Å². The van der Waals surface area contributed by atoms with Crippen molar-refractivity contribution in [2.75, 3.05) is 27.8 Å². The van der Waals surface area contributed by atoms with Crippen molar-refractivity contribution in [3.63, 3.8) is 0 Å². The monoisotopic (exact) mass is 238 g/mol. The number of benzene rings is 1. The second kappa shape index (κ2) is 5.98. The Morgan fingerprint density at radius 2 is 2.06 bits per heavy atom. The minimum atomic E-state index is -0.433. The molecule has 0 atom stereocenters. The molecule has 0 saturated carbocycles. The van der Waals surface area contributed by atoms with Gasteiger partial charge in [0.25, 0.3) is 0 Å². The van der Waals surface area contributed by atoms with Crippen LogP contribution in [-0.2, 0) is 6.42 Å². The summed E-state index contributed by atoms with van der Waals surface area (Å²) in [7, 11) is 4.88. The summed E-state index contributed by atoms with van der Waals surface area (Å²) in [4.78, 5) is 12.3. The summed E-state index contributed by atoms with van der Waals surface area (Å²) in [5, 5.41) is 0. The van der Waals surface area contributed by atoms with Crippen LogP contribution in [0.5, 0.6) is 11.5 Å². The summed E-state index contributed by atoms with van der Waals surface area (Å²) in [6.45, 7) is 0.554. The maximum Gasteiger partial charge on any atom is 0.314 e. The molecule has 1 rings (SSSR count). The first-order valence-corrected chi connectivity index (χ1v) is 5.30. The summed E-state index contributed by atoms with van der Waals surface area (Å²) in [5.74, 6) is 1.50. The lowest BCUT2D eigenvalue weighted by Gasteiger charge is -2.15. The standard InChI is InChI=1S/C12H18N2O3/c1-14(12(13)15)7-6-9-4-5-10(16-2)8-11(9)17-3/h4-5,8H,6-7H2,1-3H3,(H2,13,15). The van der Waals surface area contributed by atoms with Crippen molar-refractivity contribution in [3.05, 3.63) is 23.8 Å². The first-order chi connectivity index (χ1) is 8.08. The van der Waals surface area contributed by atoms with E-state index < -0.39 is 6.03 Å². The summed E-state index contributed by atoms with van der Waals surface area (Å²) >= 11 is 0. The third-order valence-corrected chi connectivity index (χ3v) is 2.59. The van der Waals surface area contributed by atoms with E-state index in [0.29, 0.717) is 13.0 Å². The van der Waals surface area contributed by atoms with Crippen molar-refractivity contribution >= 4 is 6.03 Å². The SMILES string of the molecule is COc1ccc(CCN(C)C(N)=O)c(OC)c1. The van der Waals surface area contributed by atoms with Gasteiger partial charge in [-0.3, -0.25) is 0 Å². The van der Waals surface area contributed by atoms with Gasteiger partial charge in [0.2, 0.25) is 0 Å². The number of hydrogen-bond donors (Lipinski definition) is 1. The van der Waals surface area contributed by atoms with E-state index >= 15 is 0 Å². The number of likely N-dealkylation sites (N-methyl/N-ethyl adjacent to an activating group) is 1. The van der Waals surface area contributed by atoms with Crippen molar-refractivity contribution < 1.29 is 14.3 Å². The van der Waals surface area contributed by atoms with Crippen molar-refractivity contribution in [2.45, 2.75) is 6.42 Å². The Kier molecular flexibility index (Phi) is 4.63. The van der Waals surface area contributed by atoms with Gasteiger partial charge in [-0.25, -0.2) is 4.79 Å². The fourth-order valence-electron chi connectivity index (χ4n) is 1.46. The summed E-state index contributed by atoms with van der Waals surface area (Å²) in [6, 6.07) is 5.17. The van der Waals surface area contributed by atoms with Crippen LogP contribution in [0.15, 0.2) is 18.2 Å². The number of carbonyl (C=O) groups is 1. The second-order valence-electron chi connectivity index (χ2n) is 3.69. The molecule has 0 bridgehead atoms. The van der Waals surface area contributed by atoms with Crippen LogP contribution in [0.4, 0.5) is 4.79 Å². The molecule has 0 aliphatic carbocycles. The van der Waals surface area contributed by atoms with Gasteiger partial charge in [-0.05, 0) is 18.1 Å². The lowest BCUT2D eigenvalue weighted by molar-refractivity contribution is 0.219. The molecule has 0 aliphatic rings. The number of nitrogens with zero attached hydrogens (tertiary/aromatic N) is 1. The molecule has 1 aromatic rings. The van der Waals surface area contributed by atoms with E-state index in [9.17, 15) is 4.79 Å². The van der Waals surface area contributed by atoms with Crippen LogP contribution < -0.4 is 15.2 Å². The highest BCUT2D eigenvalue weighted by Gasteiger charge is 2.08. The fraction of sp³-hybridized carbons (Fsp3) is 0.417. The van der Waals surface area contributed by atoms with Gasteiger partial charge in [-0.2, -0.15) is 0 Å². The highest BCUT2D eigenvalue weighted by atomic mass is 16.5. The molecular formula is C12H18N2O3. The Balaban J connectivity index is 2.73. The Morgan fingerprint density at radius 3 is 2.59 bits per heavy atom. The predicted molar refractivity (Wildman–Crippen MR) is 65.5 cm³/mol. The molecule has 17 heavy (non-hydrogen) atoms. The number of ether oxygens (including phenoxy) is 2. The highest BCUT2D eigenvalue weighted by Crippen LogP contribution is 2.24. The van der Waals surface area contributed by atoms with Crippen LogP contribution in [0.2, 0.25) is 0 Å². The molecular weight excluding hydrogens is 220 g/mol. The van der Waals surface area contributed by atoms with Crippen LogP contribution in [-0.4, -0.2) is 38.7 Å². The summed E-state index contributed by atoms with van der Waals surface area (Å²) < 4.78 is 10.4. The van der Waals surface area contributed by atoms with E-state index in [1.54, 1.807) is 21.3 Å². The maximum absolute atomic E-state index is 10.9. The van der Waals surface area contributed by atoms with Gasteiger partial charge in [0.05, 0.1) is 14.2 Å². The number of rotatable bonds is 5. The number of hydrogen-bond acceptors (Lipinski definition) is 3. The Bertz CT molecular complexity index is 393. The first-order valence-electron chi connectivity index (χ1n) is 5.30. The molecule has 0 fully saturated rings.